The van der Waals surface area contributed by atoms with Crippen molar-refractivity contribution in [1.29, 1.82) is 0 Å². The minimum atomic E-state index is -1.74. The van der Waals surface area contributed by atoms with Gasteiger partial charge < -0.3 is 26.2 Å². The molecule has 0 aliphatic rings. The highest BCUT2D eigenvalue weighted by molar-refractivity contribution is 5.85. The Morgan fingerprint density at radius 1 is 1.33 bits per heavy atom. The summed E-state index contributed by atoms with van der Waals surface area (Å²) in [7, 11) is 0. The van der Waals surface area contributed by atoms with E-state index in [4.69, 9.17) is 26.2 Å². The highest BCUT2D eigenvalue weighted by Crippen LogP contribution is 2.00. The van der Waals surface area contributed by atoms with Crippen LogP contribution in [0.15, 0.2) is 0 Å². The van der Waals surface area contributed by atoms with Crippen LogP contribution in [0.2, 0.25) is 0 Å². The van der Waals surface area contributed by atoms with Gasteiger partial charge in [-0.05, 0) is 0 Å². The Hall–Kier alpha value is -0.530. The summed E-state index contributed by atoms with van der Waals surface area (Å²) in [5.74, 6) is -0.782. The van der Waals surface area contributed by atoms with Gasteiger partial charge in [0.2, 0.25) is 0 Å². The van der Waals surface area contributed by atoms with Crippen LogP contribution in [0.5, 0.6) is 0 Å². The molecule has 0 saturated carbocycles. The smallest absolute Gasteiger partial charge is 0.177 e. The van der Waals surface area contributed by atoms with E-state index in [1.165, 1.54) is 0 Å². The van der Waals surface area contributed by atoms with Crippen LogP contribution < -0.4 is 5.73 Å². The molecule has 0 aromatic rings. The molecule has 0 aromatic carbocycles. The Labute approximate surface area is 69.2 Å². The largest absolute Gasteiger partial charge is 0.394 e. The predicted octanol–water partition coefficient (Wildman–Crippen LogP) is -3.41. The average Bonchev–Trinajstić information content (AvgIpc) is 2.12. The van der Waals surface area contributed by atoms with Crippen molar-refractivity contribution in [2.75, 3.05) is 13.2 Å². The Morgan fingerprint density at radius 2 is 1.83 bits per heavy atom. The van der Waals surface area contributed by atoms with Gasteiger partial charge in [-0.25, -0.2) is 0 Å². The fraction of sp³-hybridized carbons (Fsp3) is 0.833. The lowest BCUT2D eigenvalue weighted by Gasteiger charge is -2.19. The van der Waals surface area contributed by atoms with Gasteiger partial charge in [-0.1, -0.05) is 0 Å². The van der Waals surface area contributed by atoms with Crippen molar-refractivity contribution in [3.63, 3.8) is 0 Å². The summed E-state index contributed by atoms with van der Waals surface area (Å²) in [5.41, 5.74) is 4.89. The maximum Gasteiger partial charge on any atom is 0.177 e. The van der Waals surface area contributed by atoms with Gasteiger partial charge in [0.25, 0.3) is 0 Å². The Balaban J connectivity index is 4.08. The Bertz CT molecular complexity index is 151. The maximum atomic E-state index is 10.6. The number of ketones is 1. The highest BCUT2D eigenvalue weighted by Gasteiger charge is 2.28. The molecule has 0 spiro atoms. The summed E-state index contributed by atoms with van der Waals surface area (Å²) in [6.07, 6.45) is -4.96. The van der Waals surface area contributed by atoms with E-state index in [9.17, 15) is 4.79 Å². The van der Waals surface area contributed by atoms with Crippen LogP contribution in [0.1, 0.15) is 0 Å². The van der Waals surface area contributed by atoms with Gasteiger partial charge in [0.05, 0.1) is 13.2 Å². The molecule has 0 aliphatic carbocycles. The molecule has 6 heteroatoms. The van der Waals surface area contributed by atoms with Crippen molar-refractivity contribution in [2.45, 2.75) is 18.3 Å². The maximum absolute atomic E-state index is 10.6. The van der Waals surface area contributed by atoms with Crippen molar-refractivity contribution < 1.29 is 25.2 Å². The number of nitrogens with two attached hydrogens (primary N) is 1. The molecule has 0 aliphatic heterocycles. The second-order valence-corrected chi connectivity index (χ2v) is 2.36. The molecule has 0 aromatic heterocycles. The summed E-state index contributed by atoms with van der Waals surface area (Å²) < 4.78 is 0. The lowest BCUT2D eigenvalue weighted by Crippen LogP contribution is -2.45. The molecule has 0 amide bonds. The number of carbonyl (C=O) groups is 1. The first-order valence-corrected chi connectivity index (χ1v) is 3.42. The second-order valence-electron chi connectivity index (χ2n) is 2.36. The normalized spacial score (nSPS) is 18.4. The third-order valence-corrected chi connectivity index (χ3v) is 1.44. The van der Waals surface area contributed by atoms with Gasteiger partial charge in [0.15, 0.2) is 5.78 Å². The first-order valence-electron chi connectivity index (χ1n) is 3.42. The lowest BCUT2D eigenvalue weighted by molar-refractivity contribution is -0.138. The number of aliphatic hydroxyl groups excluding tert-OH is 4. The van der Waals surface area contributed by atoms with E-state index in [1.807, 2.05) is 0 Å². The van der Waals surface area contributed by atoms with E-state index in [1.54, 1.807) is 0 Å². The first kappa shape index (κ1) is 11.5. The molecule has 72 valence electrons. The van der Waals surface area contributed by atoms with Gasteiger partial charge in [-0.3, -0.25) is 4.79 Å². The van der Waals surface area contributed by atoms with E-state index in [-0.39, 0.29) is 0 Å². The molecule has 0 rings (SSSR count). The van der Waals surface area contributed by atoms with E-state index < -0.39 is 37.2 Å². The first-order chi connectivity index (χ1) is 5.54. The zero-order valence-corrected chi connectivity index (χ0v) is 6.42. The van der Waals surface area contributed by atoms with Crippen LogP contribution in [-0.4, -0.2) is 57.7 Å². The number of rotatable bonds is 5. The second kappa shape index (κ2) is 5.18. The molecule has 0 bridgehead atoms. The van der Waals surface area contributed by atoms with E-state index in [0.29, 0.717) is 0 Å². The van der Waals surface area contributed by atoms with Crippen molar-refractivity contribution in [3.8, 4) is 0 Å². The molecular formula is C6H13NO5. The average molecular weight is 179 g/mol. The van der Waals surface area contributed by atoms with Crippen molar-refractivity contribution in [1.82, 2.24) is 0 Å². The number of Topliss-reactive ketones (excluding diaryl/α,β-unsaturated/α-hetero) is 1. The van der Waals surface area contributed by atoms with Crippen LogP contribution in [0.3, 0.4) is 0 Å². The molecule has 2 unspecified atom stereocenters. The zero-order valence-electron chi connectivity index (χ0n) is 6.42. The summed E-state index contributed by atoms with van der Waals surface area (Å²) in [5, 5.41) is 35.0. The van der Waals surface area contributed by atoms with E-state index in [0.717, 1.165) is 0 Å². The van der Waals surface area contributed by atoms with Gasteiger partial charge in [0.1, 0.15) is 18.3 Å². The molecule has 3 atom stereocenters. The quantitative estimate of drug-likeness (QED) is 0.299. The number of hydrogen-bond acceptors (Lipinski definition) is 6. The standard InChI is InChI=1S/C6H13NO5/c7-1-3(9)5(11)6(12)4(10)2-8/h4-6,8,10-12H,1-2,7H2/t4-,5?,6?/m1/s1. The third kappa shape index (κ3) is 2.84. The summed E-state index contributed by atoms with van der Waals surface area (Å²) in [6.45, 7) is -1.15. The van der Waals surface area contributed by atoms with Crippen LogP contribution in [-0.2, 0) is 4.79 Å². The number of hydrogen-bond donors (Lipinski definition) is 5. The van der Waals surface area contributed by atoms with Crippen LogP contribution in [0, 0.1) is 0 Å². The summed E-state index contributed by atoms with van der Waals surface area (Å²) in [4.78, 5) is 10.6. The minimum absolute atomic E-state index is 0.420. The third-order valence-electron chi connectivity index (χ3n) is 1.44. The van der Waals surface area contributed by atoms with Crippen LogP contribution in [0.25, 0.3) is 0 Å². The summed E-state index contributed by atoms with van der Waals surface area (Å²) in [6, 6.07) is 0. The Kier molecular flexibility index (Phi) is 4.95. The molecular weight excluding hydrogens is 166 g/mol. The minimum Gasteiger partial charge on any atom is -0.394 e. The molecule has 0 fully saturated rings. The van der Waals surface area contributed by atoms with Gasteiger partial charge in [-0.2, -0.15) is 0 Å². The predicted molar refractivity (Wildman–Crippen MR) is 39.2 cm³/mol. The fourth-order valence-electron chi connectivity index (χ4n) is 0.630. The van der Waals surface area contributed by atoms with Crippen molar-refractivity contribution in [3.05, 3.63) is 0 Å². The highest BCUT2D eigenvalue weighted by atomic mass is 16.4. The molecule has 6 N–H and O–H groups in total. The van der Waals surface area contributed by atoms with Crippen LogP contribution in [0.4, 0.5) is 0 Å². The van der Waals surface area contributed by atoms with Crippen LogP contribution >= 0.6 is 0 Å². The topological polar surface area (TPSA) is 124 Å². The zero-order chi connectivity index (χ0) is 9.72. The number of carbonyl (C=O) groups excluding carboxylic acids is 1. The number of aliphatic hydroxyl groups is 4. The molecule has 0 saturated heterocycles. The van der Waals surface area contributed by atoms with E-state index in [2.05, 4.69) is 0 Å². The van der Waals surface area contributed by atoms with Crippen molar-refractivity contribution >= 4 is 5.78 Å². The molecule has 12 heavy (non-hydrogen) atoms. The van der Waals surface area contributed by atoms with Crippen molar-refractivity contribution in [2.24, 2.45) is 5.73 Å². The Morgan fingerprint density at radius 3 is 2.17 bits per heavy atom. The monoisotopic (exact) mass is 179 g/mol. The van der Waals surface area contributed by atoms with Gasteiger partial charge >= 0.3 is 0 Å². The fourth-order valence-corrected chi connectivity index (χ4v) is 0.630. The molecule has 0 heterocycles. The van der Waals surface area contributed by atoms with E-state index >= 15 is 0 Å². The molecule has 6 nitrogen and oxygen atoms in total. The van der Waals surface area contributed by atoms with Gasteiger partial charge in [-0.15, -0.1) is 0 Å². The lowest BCUT2D eigenvalue weighted by atomic mass is 10.1. The SMILES string of the molecule is NCC(=O)C(O)C(O)[C@H](O)CO. The molecule has 0 radical (unpaired) electrons. The van der Waals surface area contributed by atoms with Gasteiger partial charge in [0, 0.05) is 0 Å². The summed E-state index contributed by atoms with van der Waals surface area (Å²) >= 11 is 0.